The lowest BCUT2D eigenvalue weighted by atomic mass is 9.95. The molecule has 2 amide bonds. The van der Waals surface area contributed by atoms with E-state index in [1.54, 1.807) is 11.8 Å². The van der Waals surface area contributed by atoms with Gasteiger partial charge in [-0.25, -0.2) is 0 Å². The number of nitrogens with one attached hydrogen (secondary N) is 1. The van der Waals surface area contributed by atoms with E-state index in [1.807, 2.05) is 48.5 Å². The van der Waals surface area contributed by atoms with Crippen molar-refractivity contribution in [2.24, 2.45) is 0 Å². The molecule has 3 rings (SSSR count). The lowest BCUT2D eigenvalue weighted by molar-refractivity contribution is -0.142. The largest absolute Gasteiger partial charge is 0.483 e. The number of hydrogen-bond donors (Lipinski definition) is 1. The predicted octanol–water partition coefficient (Wildman–Crippen LogP) is 5.26. The molecule has 2 aromatic rings. The molecule has 0 heterocycles. The molecule has 1 N–H and O–H groups in total. The SMILES string of the molecule is CCc1ccc(OCC(=O)N(Cc2ccccc2)C(C)C(=O)NC2CCCCC2)c(Br)c1. The first-order valence-corrected chi connectivity index (χ1v) is 12.3. The van der Waals surface area contributed by atoms with Crippen LogP contribution in [0.4, 0.5) is 0 Å². The van der Waals surface area contributed by atoms with Crippen LogP contribution in [-0.2, 0) is 22.6 Å². The standard InChI is InChI=1S/C26H33BrN2O3/c1-3-20-14-15-24(23(27)16-20)32-18-25(30)29(17-21-10-6-4-7-11-21)19(2)26(31)28-22-12-8-5-9-13-22/h4,6-7,10-11,14-16,19,22H,3,5,8-9,12-13,17-18H2,1-2H3,(H,28,31). The number of carbonyl (C=O) groups is 2. The van der Waals surface area contributed by atoms with Gasteiger partial charge in [0.25, 0.3) is 5.91 Å². The zero-order chi connectivity index (χ0) is 22.9. The van der Waals surface area contributed by atoms with Crippen molar-refractivity contribution in [3.8, 4) is 5.75 Å². The Bertz CT molecular complexity index is 897. The third kappa shape index (κ3) is 6.83. The fourth-order valence-corrected chi connectivity index (χ4v) is 4.58. The van der Waals surface area contributed by atoms with Crippen molar-refractivity contribution in [3.05, 3.63) is 64.1 Å². The van der Waals surface area contributed by atoms with Crippen molar-refractivity contribution in [1.29, 1.82) is 0 Å². The summed E-state index contributed by atoms with van der Waals surface area (Å²) in [4.78, 5) is 27.8. The van der Waals surface area contributed by atoms with Crippen molar-refractivity contribution in [2.75, 3.05) is 6.61 Å². The van der Waals surface area contributed by atoms with Crippen LogP contribution in [0.15, 0.2) is 53.0 Å². The zero-order valence-electron chi connectivity index (χ0n) is 19.0. The van der Waals surface area contributed by atoms with Gasteiger partial charge in [-0.15, -0.1) is 0 Å². The summed E-state index contributed by atoms with van der Waals surface area (Å²) in [6.07, 6.45) is 6.46. The molecule has 0 aromatic heterocycles. The molecule has 2 aromatic carbocycles. The second-order valence-corrected chi connectivity index (χ2v) is 9.29. The summed E-state index contributed by atoms with van der Waals surface area (Å²) < 4.78 is 6.65. The number of benzene rings is 2. The molecular weight excluding hydrogens is 468 g/mol. The summed E-state index contributed by atoms with van der Waals surface area (Å²) in [5.41, 5.74) is 2.17. The average Bonchev–Trinajstić information content (AvgIpc) is 2.82. The summed E-state index contributed by atoms with van der Waals surface area (Å²) in [6, 6.07) is 15.2. The number of ether oxygens (including phenoxy) is 1. The van der Waals surface area contributed by atoms with Gasteiger partial charge in [0.2, 0.25) is 5.91 Å². The summed E-state index contributed by atoms with van der Waals surface area (Å²) in [5.74, 6) is 0.302. The van der Waals surface area contributed by atoms with Crippen molar-refractivity contribution >= 4 is 27.7 Å². The maximum atomic E-state index is 13.2. The number of aryl methyl sites for hydroxylation is 1. The van der Waals surface area contributed by atoms with Gasteiger partial charge in [-0.2, -0.15) is 0 Å². The average molecular weight is 501 g/mol. The van der Waals surface area contributed by atoms with Crippen LogP contribution in [0.2, 0.25) is 0 Å². The van der Waals surface area contributed by atoms with Gasteiger partial charge in [-0.1, -0.05) is 62.6 Å². The van der Waals surface area contributed by atoms with E-state index in [-0.39, 0.29) is 24.5 Å². The fourth-order valence-electron chi connectivity index (χ4n) is 4.04. The quantitative estimate of drug-likeness (QED) is 0.510. The molecule has 1 unspecified atom stereocenters. The zero-order valence-corrected chi connectivity index (χ0v) is 20.6. The minimum atomic E-state index is -0.584. The minimum Gasteiger partial charge on any atom is -0.483 e. The van der Waals surface area contributed by atoms with E-state index in [0.717, 1.165) is 42.1 Å². The highest BCUT2D eigenvalue weighted by Gasteiger charge is 2.28. The molecule has 6 heteroatoms. The maximum Gasteiger partial charge on any atom is 0.261 e. The lowest BCUT2D eigenvalue weighted by Crippen LogP contribution is -2.51. The predicted molar refractivity (Wildman–Crippen MR) is 130 cm³/mol. The Kier molecular flexibility index (Phi) is 9.15. The van der Waals surface area contributed by atoms with Crippen molar-refractivity contribution < 1.29 is 14.3 Å². The summed E-state index contributed by atoms with van der Waals surface area (Å²) in [5, 5.41) is 3.15. The minimum absolute atomic E-state index is 0.102. The lowest BCUT2D eigenvalue weighted by Gasteiger charge is -2.31. The third-order valence-electron chi connectivity index (χ3n) is 6.07. The van der Waals surface area contributed by atoms with Crippen LogP contribution in [0, 0.1) is 0 Å². The highest BCUT2D eigenvalue weighted by atomic mass is 79.9. The molecule has 1 atom stereocenters. The van der Waals surface area contributed by atoms with Gasteiger partial charge in [0.1, 0.15) is 11.8 Å². The second kappa shape index (κ2) is 12.0. The number of amides is 2. The third-order valence-corrected chi connectivity index (χ3v) is 6.69. The molecule has 1 aliphatic carbocycles. The first-order chi connectivity index (χ1) is 15.5. The molecule has 0 spiro atoms. The van der Waals surface area contributed by atoms with Crippen LogP contribution >= 0.6 is 15.9 Å². The van der Waals surface area contributed by atoms with Crippen LogP contribution < -0.4 is 10.1 Å². The van der Waals surface area contributed by atoms with Crippen LogP contribution in [0.1, 0.15) is 57.1 Å². The Morgan fingerprint density at radius 3 is 2.47 bits per heavy atom. The van der Waals surface area contributed by atoms with Gasteiger partial charge in [0.05, 0.1) is 4.47 Å². The van der Waals surface area contributed by atoms with Crippen molar-refractivity contribution in [3.63, 3.8) is 0 Å². The molecule has 1 saturated carbocycles. The molecule has 1 aliphatic rings. The molecule has 0 saturated heterocycles. The number of rotatable bonds is 9. The van der Waals surface area contributed by atoms with E-state index in [0.29, 0.717) is 12.3 Å². The molecular formula is C26H33BrN2O3. The molecule has 32 heavy (non-hydrogen) atoms. The molecule has 5 nitrogen and oxygen atoms in total. The van der Waals surface area contributed by atoms with Crippen LogP contribution in [0.3, 0.4) is 0 Å². The van der Waals surface area contributed by atoms with Crippen LogP contribution in [0.25, 0.3) is 0 Å². The molecule has 172 valence electrons. The second-order valence-electron chi connectivity index (χ2n) is 8.43. The van der Waals surface area contributed by atoms with Gasteiger partial charge < -0.3 is 15.0 Å². The highest BCUT2D eigenvalue weighted by Crippen LogP contribution is 2.26. The van der Waals surface area contributed by atoms with Gasteiger partial charge in [0.15, 0.2) is 6.61 Å². The summed E-state index contributed by atoms with van der Waals surface area (Å²) in [6.45, 7) is 4.12. The summed E-state index contributed by atoms with van der Waals surface area (Å²) >= 11 is 3.52. The van der Waals surface area contributed by atoms with E-state index in [2.05, 4.69) is 28.2 Å². The van der Waals surface area contributed by atoms with E-state index < -0.39 is 6.04 Å². The fraction of sp³-hybridized carbons (Fsp3) is 0.462. The van der Waals surface area contributed by atoms with E-state index >= 15 is 0 Å². The van der Waals surface area contributed by atoms with E-state index in [1.165, 1.54) is 12.0 Å². The van der Waals surface area contributed by atoms with Crippen LogP contribution in [0.5, 0.6) is 5.75 Å². The molecule has 0 bridgehead atoms. The Balaban J connectivity index is 1.69. The topological polar surface area (TPSA) is 58.6 Å². The van der Waals surface area contributed by atoms with Crippen LogP contribution in [-0.4, -0.2) is 35.4 Å². The maximum absolute atomic E-state index is 13.2. The van der Waals surface area contributed by atoms with E-state index in [4.69, 9.17) is 4.74 Å². The first-order valence-electron chi connectivity index (χ1n) is 11.5. The first kappa shape index (κ1) is 24.3. The number of nitrogens with zero attached hydrogens (tertiary/aromatic N) is 1. The highest BCUT2D eigenvalue weighted by molar-refractivity contribution is 9.10. The Morgan fingerprint density at radius 1 is 1.09 bits per heavy atom. The van der Waals surface area contributed by atoms with Crippen molar-refractivity contribution in [2.45, 2.75) is 71.0 Å². The Labute approximate surface area is 199 Å². The number of halogens is 1. The van der Waals surface area contributed by atoms with Gasteiger partial charge in [-0.05, 0) is 65.4 Å². The molecule has 0 radical (unpaired) electrons. The summed E-state index contributed by atoms with van der Waals surface area (Å²) in [7, 11) is 0. The number of carbonyl (C=O) groups excluding carboxylic acids is 2. The monoisotopic (exact) mass is 500 g/mol. The van der Waals surface area contributed by atoms with Gasteiger partial charge in [0, 0.05) is 12.6 Å². The number of hydrogen-bond acceptors (Lipinski definition) is 3. The Hall–Kier alpha value is -2.34. The van der Waals surface area contributed by atoms with E-state index in [9.17, 15) is 9.59 Å². The Morgan fingerprint density at radius 2 is 1.81 bits per heavy atom. The smallest absolute Gasteiger partial charge is 0.261 e. The normalized spacial score (nSPS) is 15.1. The molecule has 1 fully saturated rings. The van der Waals surface area contributed by atoms with Gasteiger partial charge in [-0.3, -0.25) is 9.59 Å². The van der Waals surface area contributed by atoms with Gasteiger partial charge >= 0.3 is 0 Å². The van der Waals surface area contributed by atoms with Crippen molar-refractivity contribution in [1.82, 2.24) is 10.2 Å². The molecule has 0 aliphatic heterocycles.